The predicted molar refractivity (Wildman–Crippen MR) is 91.4 cm³/mol. The lowest BCUT2D eigenvalue weighted by molar-refractivity contribution is -0.214. The number of imidazole rings is 1. The van der Waals surface area contributed by atoms with Gasteiger partial charge in [0.1, 0.15) is 24.4 Å². The molecule has 0 spiro atoms. The minimum atomic E-state index is -2.24. The van der Waals surface area contributed by atoms with Gasteiger partial charge in [-0.25, -0.2) is 20.8 Å². The molecule has 0 saturated carbocycles. The number of anilines is 1. The maximum absolute atomic E-state index is 12.0. The molecule has 1 fully saturated rings. The van der Waals surface area contributed by atoms with Gasteiger partial charge < -0.3 is 25.8 Å². The Kier molecular flexibility index (Phi) is 4.75. The number of nitrogen functional groups attached to an aromatic ring is 1. The molecule has 3 rings (SSSR count). The van der Waals surface area contributed by atoms with E-state index in [1.165, 1.54) is 17.9 Å². The molecule has 0 radical (unpaired) electrons. The lowest BCUT2D eigenvalue weighted by Gasteiger charge is -2.42. The second-order valence-corrected chi connectivity index (χ2v) is 6.27. The van der Waals surface area contributed by atoms with Crippen LogP contribution in [-0.4, -0.2) is 72.2 Å². The minimum absolute atomic E-state index is 0.105. The van der Waals surface area contributed by atoms with Crippen LogP contribution < -0.4 is 22.3 Å². The first-order chi connectivity index (χ1) is 12.8. The number of aryl methyl sites for hydroxylation is 1. The van der Waals surface area contributed by atoms with Gasteiger partial charge in [0.25, 0.3) is 0 Å². The molecule has 3 heterocycles. The number of ether oxygens (including phenoxy) is 1. The highest BCUT2D eigenvalue weighted by Crippen LogP contribution is 2.45. The van der Waals surface area contributed by atoms with E-state index in [0.29, 0.717) is 5.82 Å². The zero-order valence-electron chi connectivity index (χ0n) is 14.7. The number of carbonyl (C=O) groups is 1. The molecule has 27 heavy (non-hydrogen) atoms. The monoisotopic (exact) mass is 382 g/mol. The van der Waals surface area contributed by atoms with Crippen LogP contribution in [0.3, 0.4) is 0 Å². The van der Waals surface area contributed by atoms with Crippen molar-refractivity contribution in [1.82, 2.24) is 30.3 Å². The molecule has 0 unspecified atom stereocenters. The van der Waals surface area contributed by atoms with Crippen molar-refractivity contribution in [1.29, 1.82) is 0 Å². The van der Waals surface area contributed by atoms with E-state index in [2.05, 4.69) is 20.3 Å². The fourth-order valence-electron chi connectivity index (χ4n) is 3.58. The number of nitrogens with zero attached hydrogens (tertiary/aromatic N) is 4. The average Bonchev–Trinajstić information content (AvgIpc) is 3.09. The van der Waals surface area contributed by atoms with E-state index in [-0.39, 0.29) is 17.0 Å². The van der Waals surface area contributed by atoms with Gasteiger partial charge in [-0.2, -0.15) is 0 Å². The maximum atomic E-state index is 12.0. The number of aliphatic hydroxyl groups is 3. The number of nitrogens with one attached hydrogen (secondary N) is 2. The number of aliphatic hydroxyl groups excluding tert-OH is 2. The molecule has 1 aliphatic rings. The van der Waals surface area contributed by atoms with Gasteiger partial charge in [-0.3, -0.25) is 20.1 Å². The van der Waals surface area contributed by atoms with E-state index in [1.54, 1.807) is 6.92 Å². The lowest BCUT2D eigenvalue weighted by Crippen LogP contribution is -2.65. The van der Waals surface area contributed by atoms with Gasteiger partial charge in [-0.15, -0.1) is 0 Å². The van der Waals surface area contributed by atoms with Crippen molar-refractivity contribution in [2.75, 3.05) is 19.4 Å². The van der Waals surface area contributed by atoms with Crippen molar-refractivity contribution in [2.24, 2.45) is 5.84 Å². The number of fused-ring (bicyclic) bond motifs is 1. The van der Waals surface area contributed by atoms with E-state index in [4.69, 9.17) is 16.3 Å². The standard InChI is InChI=1S/C14H22N8O5/c1-6-20-9-11(15)18-5-19-12(9)22(6)14(17-2)13(26,3-8(24)21-16)10(25)7(4-23)27-14/h5,7,10,17,23,25-26H,3-4,16H2,1-2H3,(H,21,24)(H2,15,18,19)/t7-,10-,13-,14+/m1/s1. The number of hydrazine groups is 1. The second-order valence-electron chi connectivity index (χ2n) is 6.27. The van der Waals surface area contributed by atoms with Crippen LogP contribution in [0.1, 0.15) is 12.2 Å². The molecule has 148 valence electrons. The van der Waals surface area contributed by atoms with Crippen LogP contribution in [0.5, 0.6) is 0 Å². The number of carbonyl (C=O) groups excluding carboxylic acids is 1. The highest BCUT2D eigenvalue weighted by Gasteiger charge is 2.67. The Morgan fingerprint density at radius 1 is 1.48 bits per heavy atom. The Bertz CT molecular complexity index is 875. The summed E-state index contributed by atoms with van der Waals surface area (Å²) in [5.41, 5.74) is 5.98. The first-order valence-electron chi connectivity index (χ1n) is 8.09. The summed E-state index contributed by atoms with van der Waals surface area (Å²) in [6, 6.07) is 0. The molecule has 0 aromatic carbocycles. The zero-order valence-corrected chi connectivity index (χ0v) is 14.7. The minimum Gasteiger partial charge on any atom is -0.394 e. The Morgan fingerprint density at radius 3 is 2.78 bits per heavy atom. The molecular weight excluding hydrogens is 360 g/mol. The molecule has 9 N–H and O–H groups in total. The van der Waals surface area contributed by atoms with Gasteiger partial charge in [0.15, 0.2) is 22.6 Å². The first kappa shape index (κ1) is 19.3. The van der Waals surface area contributed by atoms with Gasteiger partial charge in [-0.05, 0) is 14.0 Å². The third-order valence-electron chi connectivity index (χ3n) is 4.82. The fourth-order valence-corrected chi connectivity index (χ4v) is 3.58. The molecular formula is C14H22N8O5. The number of aromatic nitrogens is 4. The number of likely N-dealkylation sites (N-methyl/N-ethyl adjacent to an activating group) is 1. The van der Waals surface area contributed by atoms with Gasteiger partial charge in [0.05, 0.1) is 13.0 Å². The van der Waals surface area contributed by atoms with Crippen molar-refractivity contribution in [2.45, 2.75) is 37.0 Å². The second kappa shape index (κ2) is 6.63. The van der Waals surface area contributed by atoms with E-state index in [0.717, 1.165) is 0 Å². The van der Waals surface area contributed by atoms with Crippen molar-refractivity contribution in [3.8, 4) is 0 Å². The molecule has 1 saturated heterocycles. The van der Waals surface area contributed by atoms with Crippen LogP contribution in [0.25, 0.3) is 11.2 Å². The summed E-state index contributed by atoms with van der Waals surface area (Å²) in [6.07, 6.45) is -2.27. The lowest BCUT2D eigenvalue weighted by atomic mass is 9.86. The van der Waals surface area contributed by atoms with Crippen molar-refractivity contribution < 1.29 is 24.9 Å². The van der Waals surface area contributed by atoms with E-state index in [9.17, 15) is 20.1 Å². The zero-order chi connectivity index (χ0) is 20.0. The number of nitrogens with two attached hydrogens (primary N) is 2. The third kappa shape index (κ3) is 2.55. The highest BCUT2D eigenvalue weighted by atomic mass is 16.6. The molecule has 13 nitrogen and oxygen atoms in total. The van der Waals surface area contributed by atoms with Crippen LogP contribution in [0, 0.1) is 6.92 Å². The number of rotatable bonds is 5. The van der Waals surface area contributed by atoms with Crippen molar-refractivity contribution in [3.63, 3.8) is 0 Å². The van der Waals surface area contributed by atoms with E-state index in [1.807, 2.05) is 5.43 Å². The average molecular weight is 382 g/mol. The molecule has 2 aromatic rings. The number of amides is 1. The van der Waals surface area contributed by atoms with Gasteiger partial charge in [0.2, 0.25) is 11.8 Å². The Morgan fingerprint density at radius 2 is 2.19 bits per heavy atom. The Balaban J connectivity index is 2.30. The molecule has 0 aliphatic carbocycles. The quantitative estimate of drug-likeness (QED) is 0.153. The maximum Gasteiger partial charge on any atom is 0.237 e. The van der Waals surface area contributed by atoms with Crippen molar-refractivity contribution in [3.05, 3.63) is 12.2 Å². The first-order valence-corrected chi connectivity index (χ1v) is 8.09. The number of hydrogen-bond donors (Lipinski definition) is 7. The van der Waals surface area contributed by atoms with Gasteiger partial charge >= 0.3 is 0 Å². The predicted octanol–water partition coefficient (Wildman–Crippen LogP) is -3.59. The molecule has 0 bridgehead atoms. The van der Waals surface area contributed by atoms with Crippen LogP contribution >= 0.6 is 0 Å². The fraction of sp³-hybridized carbons (Fsp3) is 0.571. The highest BCUT2D eigenvalue weighted by molar-refractivity contribution is 5.82. The summed E-state index contributed by atoms with van der Waals surface area (Å²) < 4.78 is 7.20. The molecule has 1 amide bonds. The van der Waals surface area contributed by atoms with Gasteiger partial charge in [0, 0.05) is 0 Å². The summed E-state index contributed by atoms with van der Waals surface area (Å²) in [4.78, 5) is 24.3. The van der Waals surface area contributed by atoms with Crippen LogP contribution in [0.2, 0.25) is 0 Å². The normalized spacial score (nSPS) is 30.7. The van der Waals surface area contributed by atoms with Crippen LogP contribution in [0.15, 0.2) is 6.33 Å². The topological polar surface area (TPSA) is 207 Å². The molecule has 13 heteroatoms. The van der Waals surface area contributed by atoms with E-state index >= 15 is 0 Å². The summed E-state index contributed by atoms with van der Waals surface area (Å²) >= 11 is 0. The molecule has 2 aromatic heterocycles. The Labute approximate surface area is 153 Å². The summed E-state index contributed by atoms with van der Waals surface area (Å²) in [5.74, 6) is 2.90. The molecule has 1 aliphatic heterocycles. The third-order valence-corrected chi connectivity index (χ3v) is 4.82. The van der Waals surface area contributed by atoms with Crippen LogP contribution in [-0.2, 0) is 15.4 Å². The number of hydrogen-bond acceptors (Lipinski definition) is 11. The SMILES string of the molecule is CN[C@@]1(n2c(C)nc3c(N)ncnc32)O[C@H](CO)[C@@H](O)[C@]1(O)CC(=O)NN. The van der Waals surface area contributed by atoms with Crippen LogP contribution in [0.4, 0.5) is 5.82 Å². The summed E-state index contributed by atoms with van der Waals surface area (Å²) in [6.45, 7) is 0.992. The Hall–Kier alpha value is -2.42. The van der Waals surface area contributed by atoms with E-state index < -0.39 is 42.6 Å². The largest absolute Gasteiger partial charge is 0.394 e. The van der Waals surface area contributed by atoms with Crippen molar-refractivity contribution >= 4 is 22.9 Å². The smallest absolute Gasteiger partial charge is 0.237 e. The van der Waals surface area contributed by atoms with Gasteiger partial charge in [-0.1, -0.05) is 0 Å². The summed E-state index contributed by atoms with van der Waals surface area (Å²) in [7, 11) is 1.45. The molecule has 4 atom stereocenters. The summed E-state index contributed by atoms with van der Waals surface area (Å²) in [5, 5.41) is 34.5.